The molecule has 6 nitrogen and oxygen atoms in total. The monoisotopic (exact) mass is 640 g/mol. The van der Waals surface area contributed by atoms with E-state index < -0.39 is 43.7 Å². The van der Waals surface area contributed by atoms with Crippen LogP contribution in [0.1, 0.15) is 42.3 Å². The lowest BCUT2D eigenvalue weighted by molar-refractivity contribution is -0.222. The molecule has 1 heterocycles. The topological polar surface area (TPSA) is 63.2 Å². The molecule has 1 aliphatic heterocycles. The summed E-state index contributed by atoms with van der Waals surface area (Å²) in [5.41, 5.74) is 2.57. The Hall–Kier alpha value is -2.33. The highest BCUT2D eigenvalue weighted by molar-refractivity contribution is 9.09. The van der Waals surface area contributed by atoms with E-state index in [1.54, 1.807) is 12.1 Å². The zero-order chi connectivity index (χ0) is 29.5. The van der Waals surface area contributed by atoms with Gasteiger partial charge in [-0.15, -0.1) is 0 Å². The van der Waals surface area contributed by atoms with Crippen LogP contribution in [-0.2, 0) is 36.6 Å². The number of benzene rings is 3. The first-order chi connectivity index (χ1) is 19.5. The summed E-state index contributed by atoms with van der Waals surface area (Å²) in [4.78, 5) is 13.3. The third kappa shape index (κ3) is 8.59. The molecular weight excluding hydrogens is 600 g/mol. The van der Waals surface area contributed by atoms with E-state index in [-0.39, 0.29) is 11.6 Å². The van der Waals surface area contributed by atoms with Crippen LogP contribution in [0.25, 0.3) is 0 Å². The van der Waals surface area contributed by atoms with Crippen molar-refractivity contribution in [2.24, 2.45) is 0 Å². The van der Waals surface area contributed by atoms with Gasteiger partial charge in [0.1, 0.15) is 18.3 Å². The maximum Gasteiger partial charge on any atom is 0.338 e. The van der Waals surface area contributed by atoms with Crippen LogP contribution in [0.3, 0.4) is 0 Å². The number of halogens is 1. The normalized spacial score (nSPS) is 23.2. The Balaban J connectivity index is 1.63. The molecule has 5 atom stereocenters. The summed E-state index contributed by atoms with van der Waals surface area (Å²) >= 11 is 3.68. The van der Waals surface area contributed by atoms with E-state index in [1.807, 2.05) is 78.9 Å². The fourth-order valence-corrected chi connectivity index (χ4v) is 6.37. The van der Waals surface area contributed by atoms with E-state index in [1.165, 1.54) is 0 Å². The zero-order valence-electron chi connectivity index (χ0n) is 24.5. The van der Waals surface area contributed by atoms with Crippen molar-refractivity contribution in [2.45, 2.75) is 81.5 Å². The van der Waals surface area contributed by atoms with Gasteiger partial charge in [-0.05, 0) is 41.4 Å². The highest BCUT2D eigenvalue weighted by atomic mass is 79.9. The van der Waals surface area contributed by atoms with Crippen molar-refractivity contribution in [1.29, 1.82) is 0 Å². The van der Waals surface area contributed by atoms with Gasteiger partial charge in [0, 0.05) is 0 Å². The molecule has 0 N–H and O–H groups in total. The summed E-state index contributed by atoms with van der Waals surface area (Å²) in [5, 5.41) is -0.698. The van der Waals surface area contributed by atoms with Crippen LogP contribution in [-0.4, -0.2) is 50.3 Å². The van der Waals surface area contributed by atoms with Crippen molar-refractivity contribution >= 4 is 30.2 Å². The fraction of sp³-hybridized carbons (Fsp3) is 0.424. The molecule has 0 amide bonds. The van der Waals surface area contributed by atoms with Gasteiger partial charge in [0.2, 0.25) is 0 Å². The first kappa shape index (κ1) is 31.6. The van der Waals surface area contributed by atoms with Crippen LogP contribution in [0.5, 0.6) is 0 Å². The molecule has 0 bridgehead atoms. The molecule has 0 radical (unpaired) electrons. The van der Waals surface area contributed by atoms with Crippen LogP contribution in [0, 0.1) is 0 Å². The largest absolute Gasteiger partial charge is 0.452 e. The maximum atomic E-state index is 13.3. The van der Waals surface area contributed by atoms with E-state index in [2.05, 4.69) is 49.8 Å². The molecule has 1 saturated heterocycles. The molecule has 1 aliphatic rings. The molecular formula is C33H41BrO6Si. The van der Waals surface area contributed by atoms with Crippen LogP contribution in [0.2, 0.25) is 18.1 Å². The van der Waals surface area contributed by atoms with Crippen LogP contribution < -0.4 is 0 Å². The van der Waals surface area contributed by atoms with Crippen LogP contribution >= 0.6 is 15.9 Å². The number of hydrogen-bond acceptors (Lipinski definition) is 6. The van der Waals surface area contributed by atoms with E-state index in [4.69, 9.17) is 23.4 Å². The Morgan fingerprint density at radius 2 is 1.34 bits per heavy atom. The number of hydrogen-bond donors (Lipinski definition) is 0. The molecule has 4 rings (SSSR count). The highest BCUT2D eigenvalue weighted by Crippen LogP contribution is 2.41. The lowest BCUT2D eigenvalue weighted by atomic mass is 9.99. The number of esters is 1. The van der Waals surface area contributed by atoms with Gasteiger partial charge in [-0.3, -0.25) is 0 Å². The number of ether oxygens (including phenoxy) is 4. The molecule has 220 valence electrons. The molecule has 3 aromatic rings. The second kappa shape index (κ2) is 14.2. The van der Waals surface area contributed by atoms with E-state index in [0.717, 1.165) is 11.1 Å². The summed E-state index contributed by atoms with van der Waals surface area (Å²) in [6, 6.07) is 29.0. The molecule has 0 unspecified atom stereocenters. The van der Waals surface area contributed by atoms with Gasteiger partial charge < -0.3 is 23.4 Å². The van der Waals surface area contributed by atoms with Gasteiger partial charge in [-0.1, -0.05) is 116 Å². The third-order valence-corrected chi connectivity index (χ3v) is 13.0. The van der Waals surface area contributed by atoms with Gasteiger partial charge in [0.15, 0.2) is 19.4 Å². The maximum absolute atomic E-state index is 13.3. The quantitative estimate of drug-likeness (QED) is 0.123. The molecule has 8 heteroatoms. The molecule has 3 aromatic carbocycles. The molecule has 0 aromatic heterocycles. The molecule has 0 saturated carbocycles. The zero-order valence-corrected chi connectivity index (χ0v) is 27.1. The van der Waals surface area contributed by atoms with Crippen molar-refractivity contribution in [2.75, 3.05) is 6.61 Å². The van der Waals surface area contributed by atoms with Crippen molar-refractivity contribution < 1.29 is 28.2 Å². The second-order valence-electron chi connectivity index (χ2n) is 11.9. The molecule has 41 heavy (non-hydrogen) atoms. The Morgan fingerprint density at radius 3 is 1.90 bits per heavy atom. The lowest BCUT2D eigenvalue weighted by Crippen LogP contribution is -2.63. The predicted molar refractivity (Wildman–Crippen MR) is 166 cm³/mol. The first-order valence-electron chi connectivity index (χ1n) is 14.1. The SMILES string of the molecule is CC(C)(C)[Si](C)(C)O[C@@H]1[C@@H](OC(=O)c2ccccc2)[C@@H](Br)O[C@H](COCc2ccccc2)[C@H]1OCc1ccccc1. The predicted octanol–water partition coefficient (Wildman–Crippen LogP) is 7.52. The Morgan fingerprint density at radius 1 is 0.805 bits per heavy atom. The third-order valence-electron chi connectivity index (χ3n) is 7.75. The molecule has 0 aliphatic carbocycles. The van der Waals surface area contributed by atoms with Gasteiger partial charge in [-0.2, -0.15) is 0 Å². The lowest BCUT2D eigenvalue weighted by Gasteiger charge is -2.48. The number of alkyl halides is 1. The Kier molecular flexibility index (Phi) is 11.0. The second-order valence-corrected chi connectivity index (χ2v) is 17.5. The standard InChI is InChI=1S/C33H41BrO6Si/c1-33(2,3)41(4,5)40-29-28(37-22-25-17-11-7-12-18-25)27(23-36-21-24-15-9-6-10-16-24)38-31(34)30(29)39-32(35)26-19-13-8-14-20-26/h6-20,27-31H,21-23H2,1-5H3/t27-,28-,29+,30-,31+/m1/s1. The first-order valence-corrected chi connectivity index (χ1v) is 17.9. The summed E-state index contributed by atoms with van der Waals surface area (Å²) < 4.78 is 32.3. The van der Waals surface area contributed by atoms with Crippen molar-refractivity contribution in [3.63, 3.8) is 0 Å². The molecule has 0 spiro atoms. The van der Waals surface area contributed by atoms with Crippen molar-refractivity contribution in [3.05, 3.63) is 108 Å². The average molecular weight is 642 g/mol. The highest BCUT2D eigenvalue weighted by Gasteiger charge is 2.52. The Labute approximate surface area is 253 Å². The van der Waals surface area contributed by atoms with Gasteiger partial charge in [0.25, 0.3) is 0 Å². The summed E-state index contributed by atoms with van der Waals surface area (Å²) in [7, 11) is -2.35. The molecule has 1 fully saturated rings. The van der Waals surface area contributed by atoms with Crippen molar-refractivity contribution in [1.82, 2.24) is 0 Å². The minimum atomic E-state index is -2.35. The van der Waals surface area contributed by atoms with E-state index in [9.17, 15) is 4.79 Å². The van der Waals surface area contributed by atoms with E-state index in [0.29, 0.717) is 18.8 Å². The smallest absolute Gasteiger partial charge is 0.338 e. The Bertz CT molecular complexity index is 1220. The van der Waals surface area contributed by atoms with Crippen LogP contribution in [0.4, 0.5) is 0 Å². The van der Waals surface area contributed by atoms with Gasteiger partial charge in [0.05, 0.1) is 25.4 Å². The summed E-state index contributed by atoms with van der Waals surface area (Å²) in [6.45, 7) is 12.0. The average Bonchev–Trinajstić information content (AvgIpc) is 2.95. The van der Waals surface area contributed by atoms with Crippen LogP contribution in [0.15, 0.2) is 91.0 Å². The van der Waals surface area contributed by atoms with Gasteiger partial charge >= 0.3 is 5.97 Å². The van der Waals surface area contributed by atoms with E-state index >= 15 is 0 Å². The fourth-order valence-electron chi connectivity index (χ4n) is 4.38. The number of rotatable bonds is 11. The van der Waals surface area contributed by atoms with Gasteiger partial charge in [-0.25, -0.2) is 4.79 Å². The van der Waals surface area contributed by atoms with Crippen molar-refractivity contribution in [3.8, 4) is 0 Å². The number of carbonyl (C=O) groups excluding carboxylic acids is 1. The number of carbonyl (C=O) groups is 1. The minimum absolute atomic E-state index is 0.0790. The summed E-state index contributed by atoms with van der Waals surface area (Å²) in [5.74, 6) is -0.437. The minimum Gasteiger partial charge on any atom is -0.452 e. The summed E-state index contributed by atoms with van der Waals surface area (Å²) in [6.07, 6.45) is -2.35.